The van der Waals surface area contributed by atoms with Gasteiger partial charge in [-0.3, -0.25) is 10.1 Å². The van der Waals surface area contributed by atoms with Crippen molar-refractivity contribution < 1.29 is 9.90 Å². The van der Waals surface area contributed by atoms with E-state index in [0.717, 1.165) is 5.56 Å². The summed E-state index contributed by atoms with van der Waals surface area (Å²) < 4.78 is 0. The smallest absolute Gasteiger partial charge is 0.320 e. The van der Waals surface area contributed by atoms with Crippen molar-refractivity contribution in [1.29, 1.82) is 0 Å². The zero-order chi connectivity index (χ0) is 10.6. The highest BCUT2D eigenvalue weighted by Crippen LogP contribution is 2.11. The van der Waals surface area contributed by atoms with Gasteiger partial charge in [0.05, 0.1) is 0 Å². The lowest BCUT2D eigenvalue weighted by Gasteiger charge is -2.17. The van der Waals surface area contributed by atoms with Crippen LogP contribution in [0.2, 0.25) is 0 Å². The molecule has 76 valence electrons. The average Bonchev–Trinajstić information content (AvgIpc) is 2.19. The largest absolute Gasteiger partial charge is 0.480 e. The molecular formula is C11H15NO2. The number of rotatable bonds is 4. The maximum Gasteiger partial charge on any atom is 0.320 e. The lowest BCUT2D eigenvalue weighted by molar-refractivity contribution is -0.139. The topological polar surface area (TPSA) is 49.3 Å². The Bertz CT molecular complexity index is 297. The van der Waals surface area contributed by atoms with Crippen molar-refractivity contribution in [2.24, 2.45) is 0 Å². The summed E-state index contributed by atoms with van der Waals surface area (Å²) in [6.45, 7) is 3.59. The SMILES string of the molecule is CC(N[C@H](C)C(=O)O)c1ccccc1. The second kappa shape index (κ2) is 4.77. The molecule has 0 saturated carbocycles. The van der Waals surface area contributed by atoms with Gasteiger partial charge >= 0.3 is 5.97 Å². The van der Waals surface area contributed by atoms with Crippen molar-refractivity contribution in [3.8, 4) is 0 Å². The van der Waals surface area contributed by atoms with E-state index in [1.165, 1.54) is 0 Å². The first-order valence-electron chi connectivity index (χ1n) is 4.65. The van der Waals surface area contributed by atoms with Gasteiger partial charge < -0.3 is 5.11 Å². The Morgan fingerprint density at radius 2 is 1.86 bits per heavy atom. The standard InChI is InChI=1S/C11H15NO2/c1-8(12-9(2)11(13)14)10-6-4-3-5-7-10/h3-9,12H,1-2H3,(H,13,14)/t8?,9-/m1/s1. The van der Waals surface area contributed by atoms with E-state index in [1.807, 2.05) is 37.3 Å². The van der Waals surface area contributed by atoms with Crippen LogP contribution in [0.1, 0.15) is 25.5 Å². The van der Waals surface area contributed by atoms with E-state index in [-0.39, 0.29) is 6.04 Å². The van der Waals surface area contributed by atoms with Gasteiger partial charge in [-0.05, 0) is 19.4 Å². The molecule has 0 amide bonds. The highest BCUT2D eigenvalue weighted by atomic mass is 16.4. The molecule has 2 atom stereocenters. The molecule has 14 heavy (non-hydrogen) atoms. The van der Waals surface area contributed by atoms with Crippen LogP contribution in [0.4, 0.5) is 0 Å². The quantitative estimate of drug-likeness (QED) is 0.766. The van der Waals surface area contributed by atoms with Crippen molar-refractivity contribution >= 4 is 5.97 Å². The van der Waals surface area contributed by atoms with E-state index < -0.39 is 12.0 Å². The third kappa shape index (κ3) is 2.85. The minimum atomic E-state index is -0.826. The van der Waals surface area contributed by atoms with Crippen molar-refractivity contribution in [3.05, 3.63) is 35.9 Å². The number of carboxylic acids is 1. The summed E-state index contributed by atoms with van der Waals surface area (Å²) in [5.74, 6) is -0.826. The van der Waals surface area contributed by atoms with Gasteiger partial charge in [0.1, 0.15) is 6.04 Å². The zero-order valence-corrected chi connectivity index (χ0v) is 8.40. The predicted molar refractivity (Wildman–Crippen MR) is 55.1 cm³/mol. The monoisotopic (exact) mass is 193 g/mol. The Morgan fingerprint density at radius 3 is 2.36 bits per heavy atom. The van der Waals surface area contributed by atoms with Crippen molar-refractivity contribution in [2.75, 3.05) is 0 Å². The van der Waals surface area contributed by atoms with Crippen LogP contribution in [0, 0.1) is 0 Å². The Kier molecular flexibility index (Phi) is 3.65. The first-order chi connectivity index (χ1) is 6.61. The molecule has 0 fully saturated rings. The number of nitrogens with one attached hydrogen (secondary N) is 1. The van der Waals surface area contributed by atoms with E-state index in [9.17, 15) is 4.79 Å². The molecule has 0 heterocycles. The van der Waals surface area contributed by atoms with E-state index in [0.29, 0.717) is 0 Å². The van der Waals surface area contributed by atoms with Gasteiger partial charge in [0, 0.05) is 6.04 Å². The summed E-state index contributed by atoms with van der Waals surface area (Å²) in [5.41, 5.74) is 1.10. The first-order valence-corrected chi connectivity index (χ1v) is 4.65. The van der Waals surface area contributed by atoms with Crippen molar-refractivity contribution in [1.82, 2.24) is 5.32 Å². The van der Waals surface area contributed by atoms with Gasteiger partial charge in [-0.1, -0.05) is 30.3 Å². The summed E-state index contributed by atoms with van der Waals surface area (Å²) in [6.07, 6.45) is 0. The molecule has 0 aromatic heterocycles. The Balaban J connectivity index is 2.59. The number of carbonyl (C=O) groups is 1. The van der Waals surface area contributed by atoms with Crippen LogP contribution in [-0.2, 0) is 4.79 Å². The number of benzene rings is 1. The van der Waals surface area contributed by atoms with Gasteiger partial charge in [-0.2, -0.15) is 0 Å². The van der Waals surface area contributed by atoms with Gasteiger partial charge in [0.15, 0.2) is 0 Å². The zero-order valence-electron chi connectivity index (χ0n) is 8.40. The molecule has 0 aliphatic heterocycles. The highest BCUT2D eigenvalue weighted by Gasteiger charge is 2.14. The fraction of sp³-hybridized carbons (Fsp3) is 0.364. The summed E-state index contributed by atoms with van der Waals surface area (Å²) >= 11 is 0. The van der Waals surface area contributed by atoms with Gasteiger partial charge in [-0.15, -0.1) is 0 Å². The van der Waals surface area contributed by atoms with E-state index in [4.69, 9.17) is 5.11 Å². The van der Waals surface area contributed by atoms with Crippen LogP contribution in [0.5, 0.6) is 0 Å². The third-order valence-corrected chi connectivity index (χ3v) is 2.17. The molecule has 0 bridgehead atoms. The lowest BCUT2D eigenvalue weighted by atomic mass is 10.1. The lowest BCUT2D eigenvalue weighted by Crippen LogP contribution is -2.35. The predicted octanol–water partition coefficient (Wildman–Crippen LogP) is 1.81. The molecule has 0 radical (unpaired) electrons. The van der Waals surface area contributed by atoms with Crippen LogP contribution < -0.4 is 5.32 Å². The number of hydrogen-bond donors (Lipinski definition) is 2. The molecule has 0 spiro atoms. The van der Waals surface area contributed by atoms with Gasteiger partial charge in [-0.25, -0.2) is 0 Å². The normalized spacial score (nSPS) is 14.7. The number of aliphatic carboxylic acids is 1. The molecule has 0 aliphatic carbocycles. The van der Waals surface area contributed by atoms with Crippen LogP contribution in [-0.4, -0.2) is 17.1 Å². The molecule has 3 nitrogen and oxygen atoms in total. The highest BCUT2D eigenvalue weighted by molar-refractivity contribution is 5.72. The van der Waals surface area contributed by atoms with Gasteiger partial charge in [0.25, 0.3) is 0 Å². The van der Waals surface area contributed by atoms with Crippen LogP contribution >= 0.6 is 0 Å². The number of hydrogen-bond acceptors (Lipinski definition) is 2. The van der Waals surface area contributed by atoms with E-state index >= 15 is 0 Å². The second-order valence-electron chi connectivity index (χ2n) is 3.36. The molecule has 1 aromatic carbocycles. The summed E-state index contributed by atoms with van der Waals surface area (Å²) in [5, 5.41) is 11.7. The molecule has 0 aliphatic rings. The van der Waals surface area contributed by atoms with Crippen LogP contribution in [0.3, 0.4) is 0 Å². The summed E-state index contributed by atoms with van der Waals surface area (Å²) in [4.78, 5) is 10.6. The van der Waals surface area contributed by atoms with Gasteiger partial charge in [0.2, 0.25) is 0 Å². The fourth-order valence-corrected chi connectivity index (χ4v) is 1.28. The molecule has 0 saturated heterocycles. The maximum absolute atomic E-state index is 10.6. The molecule has 1 unspecified atom stereocenters. The average molecular weight is 193 g/mol. The minimum absolute atomic E-state index is 0.0577. The van der Waals surface area contributed by atoms with Crippen molar-refractivity contribution in [2.45, 2.75) is 25.9 Å². The number of carboxylic acid groups (broad SMARTS) is 1. The Morgan fingerprint density at radius 1 is 1.29 bits per heavy atom. The van der Waals surface area contributed by atoms with Crippen LogP contribution in [0.15, 0.2) is 30.3 Å². The second-order valence-corrected chi connectivity index (χ2v) is 3.36. The maximum atomic E-state index is 10.6. The summed E-state index contributed by atoms with van der Waals surface area (Å²) in [6, 6.07) is 9.32. The van der Waals surface area contributed by atoms with E-state index in [1.54, 1.807) is 6.92 Å². The molecule has 3 heteroatoms. The molecule has 2 N–H and O–H groups in total. The fourth-order valence-electron chi connectivity index (χ4n) is 1.28. The molecular weight excluding hydrogens is 178 g/mol. The minimum Gasteiger partial charge on any atom is -0.480 e. The van der Waals surface area contributed by atoms with Crippen molar-refractivity contribution in [3.63, 3.8) is 0 Å². The third-order valence-electron chi connectivity index (χ3n) is 2.17. The first kappa shape index (κ1) is 10.7. The van der Waals surface area contributed by atoms with E-state index in [2.05, 4.69) is 5.32 Å². The van der Waals surface area contributed by atoms with Crippen LogP contribution in [0.25, 0.3) is 0 Å². The Hall–Kier alpha value is -1.35. The molecule has 1 aromatic rings. The summed E-state index contributed by atoms with van der Waals surface area (Å²) in [7, 11) is 0. The Labute approximate surface area is 83.8 Å². The molecule has 1 rings (SSSR count).